The summed E-state index contributed by atoms with van der Waals surface area (Å²) < 4.78 is 30.8. The molecular weight excluding hydrogens is 264 g/mol. The Kier molecular flexibility index (Phi) is 4.30. The van der Waals surface area contributed by atoms with Crippen molar-refractivity contribution < 1.29 is 18.3 Å². The van der Waals surface area contributed by atoms with Gasteiger partial charge in [-0.15, -0.1) is 0 Å². The van der Waals surface area contributed by atoms with Gasteiger partial charge in [-0.1, -0.05) is 12.1 Å². The van der Waals surface area contributed by atoms with E-state index in [-0.39, 0.29) is 12.5 Å². The molecule has 0 saturated carbocycles. The van der Waals surface area contributed by atoms with Gasteiger partial charge in [0.15, 0.2) is 11.6 Å². The van der Waals surface area contributed by atoms with Crippen molar-refractivity contribution in [3.05, 3.63) is 65.2 Å². The molecule has 2 aromatic rings. The van der Waals surface area contributed by atoms with Crippen molar-refractivity contribution in [3.63, 3.8) is 0 Å². The highest BCUT2D eigenvalue weighted by Crippen LogP contribution is 2.13. The molecule has 0 aliphatic rings. The Morgan fingerprint density at radius 3 is 2.65 bits per heavy atom. The molecule has 1 N–H and O–H groups in total. The van der Waals surface area contributed by atoms with E-state index in [1.807, 2.05) is 0 Å². The van der Waals surface area contributed by atoms with Crippen molar-refractivity contribution in [3.8, 4) is 5.75 Å². The molecule has 0 unspecified atom stereocenters. The van der Waals surface area contributed by atoms with Gasteiger partial charge in [-0.2, -0.15) is 0 Å². The van der Waals surface area contributed by atoms with Gasteiger partial charge < -0.3 is 10.1 Å². The first-order chi connectivity index (χ1) is 9.60. The Balaban J connectivity index is 2.02. The van der Waals surface area contributed by atoms with E-state index in [0.717, 1.165) is 12.1 Å². The van der Waals surface area contributed by atoms with Gasteiger partial charge in [0.25, 0.3) is 5.91 Å². The van der Waals surface area contributed by atoms with E-state index in [4.69, 9.17) is 4.74 Å². The summed E-state index contributed by atoms with van der Waals surface area (Å²) in [7, 11) is 1.51. The topological polar surface area (TPSA) is 38.3 Å². The summed E-state index contributed by atoms with van der Waals surface area (Å²) in [6.45, 7) is 0.118. The standard InChI is InChI=1S/C15H13F2NO2/c1-20-12-4-2-3-11(8-12)15(19)18-9-10-5-6-13(16)14(17)7-10/h2-8H,9H2,1H3,(H,18,19). The lowest BCUT2D eigenvalue weighted by Crippen LogP contribution is -2.22. The zero-order chi connectivity index (χ0) is 14.5. The maximum Gasteiger partial charge on any atom is 0.251 e. The van der Waals surface area contributed by atoms with Crippen LogP contribution in [0.1, 0.15) is 15.9 Å². The molecule has 0 fully saturated rings. The number of carbonyl (C=O) groups is 1. The molecule has 0 atom stereocenters. The van der Waals surface area contributed by atoms with Crippen LogP contribution < -0.4 is 10.1 Å². The van der Waals surface area contributed by atoms with Crippen LogP contribution in [0.5, 0.6) is 5.75 Å². The van der Waals surface area contributed by atoms with Crippen LogP contribution in [-0.4, -0.2) is 13.0 Å². The second-order valence-electron chi connectivity index (χ2n) is 4.16. The molecule has 104 valence electrons. The minimum Gasteiger partial charge on any atom is -0.497 e. The van der Waals surface area contributed by atoms with Gasteiger partial charge in [-0.05, 0) is 35.9 Å². The van der Waals surface area contributed by atoms with Crippen molar-refractivity contribution >= 4 is 5.91 Å². The third kappa shape index (κ3) is 3.32. The number of rotatable bonds is 4. The smallest absolute Gasteiger partial charge is 0.251 e. The average molecular weight is 277 g/mol. The molecule has 0 spiro atoms. The van der Waals surface area contributed by atoms with Crippen molar-refractivity contribution in [2.24, 2.45) is 0 Å². The van der Waals surface area contributed by atoms with E-state index in [0.29, 0.717) is 16.9 Å². The SMILES string of the molecule is COc1cccc(C(=O)NCc2ccc(F)c(F)c2)c1. The summed E-state index contributed by atoms with van der Waals surface area (Å²) in [6, 6.07) is 10.2. The van der Waals surface area contributed by atoms with Crippen LogP contribution in [0.15, 0.2) is 42.5 Å². The van der Waals surface area contributed by atoms with Crippen LogP contribution in [0.3, 0.4) is 0 Å². The summed E-state index contributed by atoms with van der Waals surface area (Å²) >= 11 is 0. The molecule has 0 aliphatic carbocycles. The summed E-state index contributed by atoms with van der Waals surface area (Å²) in [5.74, 6) is -1.58. The van der Waals surface area contributed by atoms with Crippen LogP contribution in [0.2, 0.25) is 0 Å². The monoisotopic (exact) mass is 277 g/mol. The number of ether oxygens (including phenoxy) is 1. The molecule has 20 heavy (non-hydrogen) atoms. The Labute approximate surface area is 115 Å². The maximum atomic E-state index is 13.0. The lowest BCUT2D eigenvalue weighted by Gasteiger charge is -2.07. The highest BCUT2D eigenvalue weighted by molar-refractivity contribution is 5.94. The van der Waals surface area contributed by atoms with Crippen LogP contribution in [0.25, 0.3) is 0 Å². The van der Waals surface area contributed by atoms with Crippen LogP contribution in [0, 0.1) is 11.6 Å². The first kappa shape index (κ1) is 14.0. The predicted molar refractivity (Wildman–Crippen MR) is 70.5 cm³/mol. The van der Waals surface area contributed by atoms with E-state index < -0.39 is 11.6 Å². The minimum atomic E-state index is -0.932. The fourth-order valence-corrected chi connectivity index (χ4v) is 1.70. The molecule has 1 amide bonds. The average Bonchev–Trinajstić information content (AvgIpc) is 2.48. The molecule has 0 saturated heterocycles. The van der Waals surface area contributed by atoms with E-state index in [1.54, 1.807) is 24.3 Å². The lowest BCUT2D eigenvalue weighted by atomic mass is 10.2. The third-order valence-electron chi connectivity index (χ3n) is 2.77. The van der Waals surface area contributed by atoms with Crippen LogP contribution in [-0.2, 0) is 6.54 Å². The number of benzene rings is 2. The first-order valence-corrected chi connectivity index (χ1v) is 5.96. The van der Waals surface area contributed by atoms with Gasteiger partial charge in [-0.3, -0.25) is 4.79 Å². The van der Waals surface area contributed by atoms with Gasteiger partial charge in [0, 0.05) is 12.1 Å². The van der Waals surface area contributed by atoms with Crippen molar-refractivity contribution in [2.45, 2.75) is 6.54 Å². The first-order valence-electron chi connectivity index (χ1n) is 5.96. The molecule has 0 aromatic heterocycles. The molecule has 0 bridgehead atoms. The summed E-state index contributed by atoms with van der Waals surface area (Å²) in [4.78, 5) is 11.9. The Morgan fingerprint density at radius 2 is 1.95 bits per heavy atom. The highest BCUT2D eigenvalue weighted by atomic mass is 19.2. The van der Waals surface area contributed by atoms with Crippen molar-refractivity contribution in [1.29, 1.82) is 0 Å². The Morgan fingerprint density at radius 1 is 1.15 bits per heavy atom. The lowest BCUT2D eigenvalue weighted by molar-refractivity contribution is 0.0950. The number of amides is 1. The molecular formula is C15H13F2NO2. The molecule has 0 radical (unpaired) electrons. The molecule has 3 nitrogen and oxygen atoms in total. The van der Waals surface area contributed by atoms with E-state index in [9.17, 15) is 13.6 Å². The Hall–Kier alpha value is -2.43. The molecule has 5 heteroatoms. The third-order valence-corrected chi connectivity index (χ3v) is 2.77. The molecule has 2 rings (SSSR count). The zero-order valence-corrected chi connectivity index (χ0v) is 10.8. The minimum absolute atomic E-state index is 0.118. The maximum absolute atomic E-state index is 13.0. The number of hydrogen-bond donors (Lipinski definition) is 1. The Bertz CT molecular complexity index is 629. The number of methoxy groups -OCH3 is 1. The predicted octanol–water partition coefficient (Wildman–Crippen LogP) is 2.90. The second kappa shape index (κ2) is 6.14. The fourth-order valence-electron chi connectivity index (χ4n) is 1.70. The van der Waals surface area contributed by atoms with Crippen molar-refractivity contribution in [2.75, 3.05) is 7.11 Å². The fraction of sp³-hybridized carbons (Fsp3) is 0.133. The zero-order valence-electron chi connectivity index (χ0n) is 10.8. The van der Waals surface area contributed by atoms with Crippen molar-refractivity contribution in [1.82, 2.24) is 5.32 Å². The summed E-state index contributed by atoms with van der Waals surface area (Å²) in [6.07, 6.45) is 0. The van der Waals surface area contributed by atoms with Gasteiger partial charge in [-0.25, -0.2) is 8.78 Å². The number of carbonyl (C=O) groups excluding carboxylic acids is 1. The molecule has 0 heterocycles. The van der Waals surface area contributed by atoms with Crippen LogP contribution in [0.4, 0.5) is 8.78 Å². The van der Waals surface area contributed by atoms with E-state index in [1.165, 1.54) is 13.2 Å². The largest absolute Gasteiger partial charge is 0.497 e. The van der Waals surface area contributed by atoms with Gasteiger partial charge >= 0.3 is 0 Å². The number of nitrogens with one attached hydrogen (secondary N) is 1. The van der Waals surface area contributed by atoms with Gasteiger partial charge in [0.2, 0.25) is 0 Å². The van der Waals surface area contributed by atoms with Gasteiger partial charge in [0.05, 0.1) is 7.11 Å². The number of hydrogen-bond acceptors (Lipinski definition) is 2. The van der Waals surface area contributed by atoms with E-state index >= 15 is 0 Å². The normalized spacial score (nSPS) is 10.2. The summed E-state index contributed by atoms with van der Waals surface area (Å²) in [5, 5.41) is 2.63. The van der Waals surface area contributed by atoms with Gasteiger partial charge in [0.1, 0.15) is 5.75 Å². The number of halogens is 2. The van der Waals surface area contributed by atoms with E-state index in [2.05, 4.69) is 5.32 Å². The molecule has 0 aliphatic heterocycles. The summed E-state index contributed by atoms with van der Waals surface area (Å²) in [5.41, 5.74) is 0.923. The molecule has 2 aromatic carbocycles. The quantitative estimate of drug-likeness (QED) is 0.933. The van der Waals surface area contributed by atoms with Crippen LogP contribution >= 0.6 is 0 Å². The highest BCUT2D eigenvalue weighted by Gasteiger charge is 2.07. The second-order valence-corrected chi connectivity index (χ2v) is 4.16.